The number of hydrogen-bond acceptors (Lipinski definition) is 3. The van der Waals surface area contributed by atoms with E-state index < -0.39 is 5.97 Å². The van der Waals surface area contributed by atoms with E-state index in [1.807, 2.05) is 6.92 Å². The zero-order valence-corrected chi connectivity index (χ0v) is 12.1. The third-order valence-corrected chi connectivity index (χ3v) is 3.18. The number of aromatic carboxylic acids is 1. The van der Waals surface area contributed by atoms with Gasteiger partial charge in [0.05, 0.1) is 0 Å². The van der Waals surface area contributed by atoms with Gasteiger partial charge in [-0.15, -0.1) is 0 Å². The van der Waals surface area contributed by atoms with E-state index in [4.69, 9.17) is 5.11 Å². The molecule has 2 N–H and O–H groups in total. The maximum atomic E-state index is 11.9. The van der Waals surface area contributed by atoms with Gasteiger partial charge in [-0.25, -0.2) is 14.6 Å². The van der Waals surface area contributed by atoms with Crippen LogP contribution in [0.2, 0.25) is 0 Å². The summed E-state index contributed by atoms with van der Waals surface area (Å²) < 4.78 is 0. The summed E-state index contributed by atoms with van der Waals surface area (Å²) in [5, 5.41) is 11.5. The summed E-state index contributed by atoms with van der Waals surface area (Å²) in [5.74, 6) is -1.06. The van der Waals surface area contributed by atoms with E-state index in [-0.39, 0.29) is 17.8 Å². The smallest absolute Gasteiger partial charge is 0.354 e. The van der Waals surface area contributed by atoms with E-state index >= 15 is 0 Å². The van der Waals surface area contributed by atoms with Crippen molar-refractivity contribution in [1.29, 1.82) is 0 Å². The van der Waals surface area contributed by atoms with Crippen molar-refractivity contribution in [2.75, 3.05) is 7.05 Å². The monoisotopic (exact) mass is 279 g/mol. The van der Waals surface area contributed by atoms with Gasteiger partial charge in [-0.05, 0) is 25.0 Å². The molecule has 0 saturated heterocycles. The first-order valence-corrected chi connectivity index (χ1v) is 6.64. The first kappa shape index (κ1) is 15.9. The number of nitrogens with one attached hydrogen (secondary N) is 1. The Labute approximate surface area is 118 Å². The van der Waals surface area contributed by atoms with Gasteiger partial charge in [-0.1, -0.05) is 19.4 Å². The highest BCUT2D eigenvalue weighted by Gasteiger charge is 2.14. The number of carboxylic acid groups (broad SMARTS) is 1. The molecule has 1 aromatic rings. The molecule has 0 spiro atoms. The van der Waals surface area contributed by atoms with Crippen LogP contribution in [0.25, 0.3) is 0 Å². The van der Waals surface area contributed by atoms with Gasteiger partial charge in [0, 0.05) is 25.8 Å². The van der Waals surface area contributed by atoms with Crippen LogP contribution in [0.1, 0.15) is 42.7 Å². The van der Waals surface area contributed by atoms with Gasteiger partial charge in [0.1, 0.15) is 5.69 Å². The SMILES string of the molecule is CCCC(C)N(C)C(=O)NCc1ccc(C(=O)O)nc1. The minimum atomic E-state index is -1.06. The standard InChI is InChI=1S/C14H21N3O3/c1-4-5-10(2)17(3)14(20)16-9-11-6-7-12(13(18)19)15-8-11/h6-8,10H,4-5,9H2,1-3H3,(H,16,20)(H,18,19). The summed E-state index contributed by atoms with van der Waals surface area (Å²) in [4.78, 5) is 28.0. The van der Waals surface area contributed by atoms with Gasteiger partial charge in [0.2, 0.25) is 0 Å². The fourth-order valence-corrected chi connectivity index (χ4v) is 1.77. The first-order chi connectivity index (χ1) is 9.45. The van der Waals surface area contributed by atoms with E-state index in [0.29, 0.717) is 6.54 Å². The van der Waals surface area contributed by atoms with Crippen molar-refractivity contribution in [2.45, 2.75) is 39.3 Å². The lowest BCUT2D eigenvalue weighted by atomic mass is 10.2. The maximum Gasteiger partial charge on any atom is 0.354 e. The third-order valence-electron chi connectivity index (χ3n) is 3.18. The number of urea groups is 1. The van der Waals surface area contributed by atoms with Crippen molar-refractivity contribution in [3.05, 3.63) is 29.6 Å². The normalized spacial score (nSPS) is 11.8. The van der Waals surface area contributed by atoms with Gasteiger partial charge >= 0.3 is 12.0 Å². The van der Waals surface area contributed by atoms with Crippen molar-refractivity contribution in [1.82, 2.24) is 15.2 Å². The van der Waals surface area contributed by atoms with Crippen molar-refractivity contribution in [2.24, 2.45) is 0 Å². The Morgan fingerprint density at radius 2 is 2.15 bits per heavy atom. The van der Waals surface area contributed by atoms with Crippen LogP contribution in [0.4, 0.5) is 4.79 Å². The van der Waals surface area contributed by atoms with Crippen molar-refractivity contribution >= 4 is 12.0 Å². The fraction of sp³-hybridized carbons (Fsp3) is 0.500. The first-order valence-electron chi connectivity index (χ1n) is 6.64. The van der Waals surface area contributed by atoms with E-state index in [0.717, 1.165) is 18.4 Å². The third kappa shape index (κ3) is 4.53. The molecule has 0 saturated carbocycles. The van der Waals surface area contributed by atoms with Gasteiger partial charge in [-0.2, -0.15) is 0 Å². The summed E-state index contributed by atoms with van der Waals surface area (Å²) in [6.45, 7) is 4.42. The summed E-state index contributed by atoms with van der Waals surface area (Å²) in [6, 6.07) is 3.11. The zero-order chi connectivity index (χ0) is 15.1. The lowest BCUT2D eigenvalue weighted by Crippen LogP contribution is -2.42. The molecule has 0 fully saturated rings. The average molecular weight is 279 g/mol. The highest BCUT2D eigenvalue weighted by atomic mass is 16.4. The van der Waals surface area contributed by atoms with Crippen LogP contribution in [-0.2, 0) is 6.54 Å². The van der Waals surface area contributed by atoms with Crippen LogP contribution in [0, 0.1) is 0 Å². The molecule has 0 radical (unpaired) electrons. The predicted molar refractivity (Wildman–Crippen MR) is 75.6 cm³/mol. The number of rotatable bonds is 6. The summed E-state index contributed by atoms with van der Waals surface area (Å²) >= 11 is 0. The van der Waals surface area contributed by atoms with Crippen LogP contribution < -0.4 is 5.32 Å². The number of pyridine rings is 1. The topological polar surface area (TPSA) is 82.5 Å². The molecule has 0 bridgehead atoms. The van der Waals surface area contributed by atoms with Crippen LogP contribution in [0.5, 0.6) is 0 Å². The molecular formula is C14H21N3O3. The van der Waals surface area contributed by atoms with Gasteiger partial charge in [-0.3, -0.25) is 0 Å². The number of nitrogens with zero attached hydrogens (tertiary/aromatic N) is 2. The Morgan fingerprint density at radius 1 is 1.45 bits per heavy atom. The second-order valence-corrected chi connectivity index (χ2v) is 4.76. The number of hydrogen-bond donors (Lipinski definition) is 2. The van der Waals surface area contributed by atoms with Crippen LogP contribution >= 0.6 is 0 Å². The molecule has 0 aliphatic carbocycles. The molecule has 0 aromatic carbocycles. The van der Waals surface area contributed by atoms with E-state index in [1.54, 1.807) is 18.0 Å². The molecule has 1 rings (SSSR count). The van der Waals surface area contributed by atoms with Gasteiger partial charge in [0.15, 0.2) is 0 Å². The molecule has 1 heterocycles. The Bertz CT molecular complexity index is 459. The maximum absolute atomic E-state index is 11.9. The highest BCUT2D eigenvalue weighted by molar-refractivity contribution is 5.85. The summed E-state index contributed by atoms with van der Waals surface area (Å²) in [6.07, 6.45) is 3.44. The number of carboxylic acids is 1. The molecule has 110 valence electrons. The zero-order valence-electron chi connectivity index (χ0n) is 12.1. The van der Waals surface area contributed by atoms with Crippen LogP contribution in [0.3, 0.4) is 0 Å². The van der Waals surface area contributed by atoms with Gasteiger partial charge in [0.25, 0.3) is 0 Å². The lowest BCUT2D eigenvalue weighted by Gasteiger charge is -2.24. The van der Waals surface area contributed by atoms with Crippen LogP contribution in [0.15, 0.2) is 18.3 Å². The highest BCUT2D eigenvalue weighted by Crippen LogP contribution is 2.05. The second-order valence-electron chi connectivity index (χ2n) is 4.76. The average Bonchev–Trinajstić information content (AvgIpc) is 2.44. The van der Waals surface area contributed by atoms with Gasteiger partial charge < -0.3 is 15.3 Å². The second kappa shape index (κ2) is 7.47. The van der Waals surface area contributed by atoms with Crippen molar-refractivity contribution in [3.63, 3.8) is 0 Å². The Hall–Kier alpha value is -2.11. The molecule has 6 nitrogen and oxygen atoms in total. The van der Waals surface area contributed by atoms with Crippen molar-refractivity contribution in [3.8, 4) is 0 Å². The Kier molecular flexibility index (Phi) is 5.96. The van der Waals surface area contributed by atoms with E-state index in [1.165, 1.54) is 12.3 Å². The molecule has 0 aliphatic heterocycles. The molecule has 20 heavy (non-hydrogen) atoms. The lowest BCUT2D eigenvalue weighted by molar-refractivity contribution is 0.0690. The fourth-order valence-electron chi connectivity index (χ4n) is 1.77. The number of aromatic nitrogens is 1. The quantitative estimate of drug-likeness (QED) is 0.835. The summed E-state index contributed by atoms with van der Waals surface area (Å²) in [7, 11) is 1.77. The Balaban J connectivity index is 2.50. The minimum Gasteiger partial charge on any atom is -0.477 e. The largest absolute Gasteiger partial charge is 0.477 e. The van der Waals surface area contributed by atoms with E-state index in [9.17, 15) is 9.59 Å². The minimum absolute atomic E-state index is 0.00578. The van der Waals surface area contributed by atoms with Crippen LogP contribution in [-0.4, -0.2) is 40.1 Å². The van der Waals surface area contributed by atoms with E-state index in [2.05, 4.69) is 17.2 Å². The number of carbonyl (C=O) groups excluding carboxylic acids is 1. The number of amides is 2. The van der Waals surface area contributed by atoms with Crippen molar-refractivity contribution < 1.29 is 14.7 Å². The number of carbonyl (C=O) groups is 2. The molecule has 1 atom stereocenters. The molecule has 1 unspecified atom stereocenters. The predicted octanol–water partition coefficient (Wildman–Crippen LogP) is 2.11. The Morgan fingerprint density at radius 3 is 2.65 bits per heavy atom. The molecule has 2 amide bonds. The summed E-state index contributed by atoms with van der Waals surface area (Å²) in [5.41, 5.74) is 0.758. The molecule has 1 aromatic heterocycles. The molecule has 0 aliphatic rings. The molecular weight excluding hydrogens is 258 g/mol. The molecule has 6 heteroatoms.